The highest BCUT2D eigenvalue weighted by molar-refractivity contribution is 6.07. The maximum Gasteiger partial charge on any atom is 0.235 e. The van der Waals surface area contributed by atoms with Crippen molar-refractivity contribution in [2.24, 2.45) is 11.8 Å². The number of hydrogen-bond donors (Lipinski definition) is 0. The van der Waals surface area contributed by atoms with Gasteiger partial charge in [0.25, 0.3) is 0 Å². The summed E-state index contributed by atoms with van der Waals surface area (Å²) < 4.78 is 0. The van der Waals surface area contributed by atoms with Crippen molar-refractivity contribution in [3.8, 4) is 0 Å². The van der Waals surface area contributed by atoms with E-state index in [-0.39, 0.29) is 35.7 Å². The first-order chi connectivity index (χ1) is 15.7. The lowest BCUT2D eigenvalue weighted by atomic mass is 9.77. The quantitative estimate of drug-likeness (QED) is 0.566. The summed E-state index contributed by atoms with van der Waals surface area (Å²) in [6.07, 6.45) is 4.27. The number of benzene rings is 3. The van der Waals surface area contributed by atoms with E-state index < -0.39 is 0 Å². The number of carbonyl (C=O) groups is 2. The van der Waals surface area contributed by atoms with Gasteiger partial charge in [0, 0.05) is 18.6 Å². The highest BCUT2D eigenvalue weighted by Gasteiger charge is 2.65. The Morgan fingerprint density at radius 3 is 1.81 bits per heavy atom. The van der Waals surface area contributed by atoms with Crippen LogP contribution in [-0.4, -0.2) is 28.2 Å². The van der Waals surface area contributed by atoms with Gasteiger partial charge in [0.2, 0.25) is 11.8 Å². The molecule has 3 aromatic carbocycles. The third-order valence-electron chi connectivity index (χ3n) is 7.13. The van der Waals surface area contributed by atoms with Crippen LogP contribution >= 0.6 is 0 Å². The van der Waals surface area contributed by atoms with Crippen molar-refractivity contribution >= 4 is 17.9 Å². The Bertz CT molecular complexity index is 1160. The summed E-state index contributed by atoms with van der Waals surface area (Å²) in [5.74, 6) is -0.640. The molecule has 0 aromatic heterocycles. The Morgan fingerprint density at radius 1 is 0.688 bits per heavy atom. The molecule has 6 rings (SSSR count). The molecule has 2 saturated heterocycles. The van der Waals surface area contributed by atoms with Crippen molar-refractivity contribution in [3.05, 3.63) is 113 Å². The van der Waals surface area contributed by atoms with E-state index in [1.165, 1.54) is 16.0 Å². The van der Waals surface area contributed by atoms with Crippen molar-refractivity contribution < 1.29 is 9.59 Å². The highest BCUT2D eigenvalue weighted by Crippen LogP contribution is 2.62. The number of hydrogen-bond acceptors (Lipinski definition) is 3. The lowest BCUT2D eigenvalue weighted by Gasteiger charge is -2.25. The standard InChI is InChI=1S/C28H24N2O2/c31-27-23-24(28(32)30(27)18-20-12-5-2-6-13-20)26-22-16-8-7-15-21(22)25(23)29(26)17-9-14-19-10-3-1-4-11-19/h1-16,23-26H,17-18H2/b14-9+/t23-,24+,25-,26+. The lowest BCUT2D eigenvalue weighted by Crippen LogP contribution is -2.35. The molecule has 0 spiro atoms. The molecule has 2 fully saturated rings. The predicted octanol–water partition coefficient (Wildman–Crippen LogP) is 4.61. The molecule has 3 aliphatic rings. The summed E-state index contributed by atoms with van der Waals surface area (Å²) in [6.45, 7) is 1.07. The van der Waals surface area contributed by atoms with Gasteiger partial charge in [-0.05, 0) is 22.3 Å². The minimum Gasteiger partial charge on any atom is -0.284 e. The fourth-order valence-electron chi connectivity index (χ4n) is 5.84. The Morgan fingerprint density at radius 2 is 1.22 bits per heavy atom. The normalized spacial score (nSPS) is 26.2. The van der Waals surface area contributed by atoms with Crippen LogP contribution in [0.5, 0.6) is 0 Å². The molecule has 3 heterocycles. The third-order valence-corrected chi connectivity index (χ3v) is 7.13. The minimum absolute atomic E-state index is 0.0251. The zero-order chi connectivity index (χ0) is 21.7. The van der Waals surface area contributed by atoms with Gasteiger partial charge in [-0.25, -0.2) is 0 Å². The average Bonchev–Trinajstić information content (AvgIpc) is 3.41. The fourth-order valence-corrected chi connectivity index (χ4v) is 5.84. The number of fused-ring (bicyclic) bond motifs is 8. The second kappa shape index (κ2) is 7.57. The number of carbonyl (C=O) groups excluding carboxylic acids is 2. The maximum absolute atomic E-state index is 13.5. The van der Waals surface area contributed by atoms with Gasteiger partial charge in [-0.15, -0.1) is 0 Å². The van der Waals surface area contributed by atoms with Crippen molar-refractivity contribution in [3.63, 3.8) is 0 Å². The van der Waals surface area contributed by atoms with E-state index in [4.69, 9.17) is 0 Å². The van der Waals surface area contributed by atoms with E-state index in [2.05, 4.69) is 41.3 Å². The Hall–Kier alpha value is -3.50. The molecule has 0 radical (unpaired) electrons. The van der Waals surface area contributed by atoms with Crippen molar-refractivity contribution in [1.29, 1.82) is 0 Å². The minimum atomic E-state index is -0.295. The molecular weight excluding hydrogens is 396 g/mol. The molecular formula is C28H24N2O2. The largest absolute Gasteiger partial charge is 0.284 e. The Balaban J connectivity index is 1.31. The molecule has 3 aliphatic heterocycles. The smallest absolute Gasteiger partial charge is 0.235 e. The highest BCUT2D eigenvalue weighted by atomic mass is 16.2. The maximum atomic E-state index is 13.5. The van der Waals surface area contributed by atoms with Crippen molar-refractivity contribution in [2.45, 2.75) is 18.6 Å². The molecule has 0 aliphatic carbocycles. The topological polar surface area (TPSA) is 40.6 Å². The lowest BCUT2D eigenvalue weighted by molar-refractivity contribution is -0.142. The summed E-state index contributed by atoms with van der Waals surface area (Å²) in [5.41, 5.74) is 4.55. The van der Waals surface area contributed by atoms with Gasteiger partial charge in [0.15, 0.2) is 0 Å². The number of amides is 2. The van der Waals surface area contributed by atoms with Crippen LogP contribution in [-0.2, 0) is 16.1 Å². The molecule has 4 nitrogen and oxygen atoms in total. The van der Waals surface area contributed by atoms with Crippen LogP contribution in [0.25, 0.3) is 6.08 Å². The van der Waals surface area contributed by atoms with Crippen LogP contribution in [0, 0.1) is 11.8 Å². The van der Waals surface area contributed by atoms with Crippen LogP contribution in [0.4, 0.5) is 0 Å². The van der Waals surface area contributed by atoms with E-state index in [0.717, 1.165) is 11.1 Å². The van der Waals surface area contributed by atoms with Crippen LogP contribution in [0.3, 0.4) is 0 Å². The van der Waals surface area contributed by atoms with E-state index in [0.29, 0.717) is 13.1 Å². The summed E-state index contributed by atoms with van der Waals surface area (Å²) in [7, 11) is 0. The van der Waals surface area contributed by atoms with Gasteiger partial charge in [-0.3, -0.25) is 19.4 Å². The van der Waals surface area contributed by atoms with Crippen LogP contribution in [0.15, 0.2) is 91.0 Å². The molecule has 4 atom stereocenters. The summed E-state index contributed by atoms with van der Waals surface area (Å²) in [5, 5.41) is 0. The SMILES string of the molecule is O=C1[C@@H]2[C@H](C(=O)N1Cc1ccccc1)[C@@H]1c3ccccc3[C@H]2N1C/C=C/c1ccccc1. The van der Waals surface area contributed by atoms with Crippen molar-refractivity contribution in [2.75, 3.05) is 6.54 Å². The summed E-state index contributed by atoms with van der Waals surface area (Å²) >= 11 is 0. The third kappa shape index (κ3) is 2.87. The van der Waals surface area contributed by atoms with Crippen LogP contribution in [0.2, 0.25) is 0 Å². The second-order valence-corrected chi connectivity index (χ2v) is 8.83. The fraction of sp³-hybridized carbons (Fsp3) is 0.214. The summed E-state index contributed by atoms with van der Waals surface area (Å²) in [6, 6.07) is 28.2. The first-order valence-corrected chi connectivity index (χ1v) is 11.2. The molecule has 3 aromatic rings. The Kier molecular flexibility index (Phi) is 4.54. The van der Waals surface area contributed by atoms with Gasteiger partial charge in [0.1, 0.15) is 0 Å². The summed E-state index contributed by atoms with van der Waals surface area (Å²) in [4.78, 5) is 30.9. The van der Waals surface area contributed by atoms with E-state index in [9.17, 15) is 9.59 Å². The van der Waals surface area contributed by atoms with Gasteiger partial charge in [0.05, 0.1) is 18.4 Å². The molecule has 32 heavy (non-hydrogen) atoms. The van der Waals surface area contributed by atoms with Crippen molar-refractivity contribution in [1.82, 2.24) is 9.80 Å². The van der Waals surface area contributed by atoms with E-state index in [1.807, 2.05) is 60.7 Å². The van der Waals surface area contributed by atoms with Gasteiger partial charge < -0.3 is 0 Å². The molecule has 0 saturated carbocycles. The van der Waals surface area contributed by atoms with Crippen LogP contribution < -0.4 is 0 Å². The van der Waals surface area contributed by atoms with Gasteiger partial charge in [-0.2, -0.15) is 0 Å². The van der Waals surface area contributed by atoms with Gasteiger partial charge in [-0.1, -0.05) is 97.1 Å². The van der Waals surface area contributed by atoms with Gasteiger partial charge >= 0.3 is 0 Å². The number of nitrogens with zero attached hydrogens (tertiary/aromatic N) is 2. The average molecular weight is 421 g/mol. The first-order valence-electron chi connectivity index (χ1n) is 11.2. The second-order valence-electron chi connectivity index (χ2n) is 8.83. The predicted molar refractivity (Wildman–Crippen MR) is 123 cm³/mol. The zero-order valence-electron chi connectivity index (χ0n) is 17.7. The Labute approximate surface area is 187 Å². The monoisotopic (exact) mass is 420 g/mol. The molecule has 2 amide bonds. The number of rotatable bonds is 5. The van der Waals surface area contributed by atoms with E-state index >= 15 is 0 Å². The first kappa shape index (κ1) is 19.2. The number of imide groups is 1. The molecule has 0 N–H and O–H groups in total. The number of likely N-dealkylation sites (tertiary alicyclic amines) is 1. The molecule has 0 unspecified atom stereocenters. The zero-order valence-corrected chi connectivity index (χ0v) is 17.7. The molecule has 4 heteroatoms. The van der Waals surface area contributed by atoms with Crippen LogP contribution in [0.1, 0.15) is 34.3 Å². The molecule has 158 valence electrons. The van der Waals surface area contributed by atoms with E-state index in [1.54, 1.807) is 0 Å². The molecule has 2 bridgehead atoms.